The van der Waals surface area contributed by atoms with Gasteiger partial charge >= 0.3 is 0 Å². The minimum Gasteiger partial charge on any atom is -0.482 e. The lowest BCUT2D eigenvalue weighted by molar-refractivity contribution is -0.118. The molecule has 164 valence electrons. The van der Waals surface area contributed by atoms with Crippen LogP contribution in [-0.4, -0.2) is 28.4 Å². The van der Waals surface area contributed by atoms with E-state index in [1.165, 1.54) is 11.3 Å². The number of hydrogen-bond acceptors (Lipinski definition) is 6. The second-order valence-electron chi connectivity index (χ2n) is 7.65. The average Bonchev–Trinajstić information content (AvgIpc) is 3.22. The van der Waals surface area contributed by atoms with Gasteiger partial charge in [-0.15, -0.1) is 11.3 Å². The molecular formula is C25H21N5O2S. The zero-order valence-electron chi connectivity index (χ0n) is 18.1. The van der Waals surface area contributed by atoms with E-state index in [4.69, 9.17) is 14.8 Å². The molecule has 1 amide bonds. The number of rotatable bonds is 4. The molecule has 3 heterocycles. The smallest absolute Gasteiger partial charge is 0.262 e. The second-order valence-corrected chi connectivity index (χ2v) is 8.48. The fourth-order valence-corrected chi connectivity index (χ4v) is 4.43. The Bertz CT molecular complexity index is 1420. The highest BCUT2D eigenvalue weighted by Crippen LogP contribution is 2.33. The van der Waals surface area contributed by atoms with Gasteiger partial charge in [0.15, 0.2) is 6.61 Å². The van der Waals surface area contributed by atoms with Gasteiger partial charge in [-0.05, 0) is 49.2 Å². The number of amides is 1. The number of hydrogen-bond donors (Lipinski definition) is 1. The van der Waals surface area contributed by atoms with Gasteiger partial charge in [0, 0.05) is 28.9 Å². The molecule has 0 aliphatic carbocycles. The lowest BCUT2D eigenvalue weighted by atomic mass is 10.1. The van der Waals surface area contributed by atoms with Crippen molar-refractivity contribution in [2.24, 2.45) is 10.1 Å². The number of aryl methyl sites for hydroxylation is 2. The molecule has 8 heteroatoms. The Morgan fingerprint density at radius 3 is 2.79 bits per heavy atom. The lowest BCUT2D eigenvalue weighted by Gasteiger charge is -2.18. The molecule has 0 atom stereocenters. The van der Waals surface area contributed by atoms with Crippen molar-refractivity contribution in [1.82, 2.24) is 9.66 Å². The van der Waals surface area contributed by atoms with Crippen molar-refractivity contribution >= 4 is 34.8 Å². The minimum absolute atomic E-state index is 0.0268. The molecule has 1 N–H and O–H groups in total. The van der Waals surface area contributed by atoms with Crippen molar-refractivity contribution in [3.63, 3.8) is 0 Å². The monoisotopic (exact) mass is 455 g/mol. The normalized spacial score (nSPS) is 13.6. The minimum atomic E-state index is -0.168. The number of ether oxygens (including phenoxy) is 1. The van der Waals surface area contributed by atoms with Gasteiger partial charge < -0.3 is 10.1 Å². The third-order valence-electron chi connectivity index (χ3n) is 5.25. The summed E-state index contributed by atoms with van der Waals surface area (Å²) in [5.41, 5.74) is 6.40. The molecule has 0 unspecified atom stereocenters. The molecule has 7 nitrogen and oxygen atoms in total. The quantitative estimate of drug-likeness (QED) is 0.454. The van der Waals surface area contributed by atoms with E-state index in [1.807, 2.05) is 46.5 Å². The van der Waals surface area contributed by atoms with Crippen LogP contribution in [0.3, 0.4) is 0 Å². The second kappa shape index (κ2) is 8.84. The van der Waals surface area contributed by atoms with Crippen LogP contribution in [0.15, 0.2) is 76.4 Å². The van der Waals surface area contributed by atoms with Gasteiger partial charge in [0.1, 0.15) is 5.75 Å². The Morgan fingerprint density at radius 1 is 1.15 bits per heavy atom. The van der Waals surface area contributed by atoms with Crippen LogP contribution >= 0.6 is 11.3 Å². The van der Waals surface area contributed by atoms with E-state index in [0.717, 1.165) is 38.4 Å². The van der Waals surface area contributed by atoms with Crippen molar-refractivity contribution in [1.29, 1.82) is 0 Å². The fraction of sp³-hybridized carbons (Fsp3) is 0.120. The Hall–Kier alpha value is -4.04. The van der Waals surface area contributed by atoms with Gasteiger partial charge in [-0.25, -0.2) is 9.67 Å². The summed E-state index contributed by atoms with van der Waals surface area (Å²) < 4.78 is 7.32. The maximum absolute atomic E-state index is 11.8. The molecule has 0 spiro atoms. The van der Waals surface area contributed by atoms with Crippen molar-refractivity contribution < 1.29 is 9.53 Å². The predicted octanol–water partition coefficient (Wildman–Crippen LogP) is 4.67. The first-order valence-electron chi connectivity index (χ1n) is 10.4. The molecule has 4 aromatic rings. The topological polar surface area (TPSA) is 80.9 Å². The number of fused-ring (bicyclic) bond motifs is 1. The molecule has 0 radical (unpaired) electrons. The summed E-state index contributed by atoms with van der Waals surface area (Å²) in [5, 5.41) is 9.63. The molecule has 1 aliphatic rings. The molecule has 0 saturated carbocycles. The van der Waals surface area contributed by atoms with Crippen LogP contribution in [0.2, 0.25) is 0 Å². The highest BCUT2D eigenvalue weighted by Gasteiger charge is 2.18. The average molecular weight is 456 g/mol. The molecule has 2 aromatic carbocycles. The Morgan fingerprint density at radius 2 is 2.00 bits per heavy atom. The highest BCUT2D eigenvalue weighted by atomic mass is 32.1. The first-order chi connectivity index (χ1) is 16.1. The molecule has 33 heavy (non-hydrogen) atoms. The van der Waals surface area contributed by atoms with Crippen LogP contribution in [0.25, 0.3) is 11.3 Å². The maximum Gasteiger partial charge on any atom is 0.262 e. The highest BCUT2D eigenvalue weighted by molar-refractivity contribution is 7.07. The predicted molar refractivity (Wildman–Crippen MR) is 130 cm³/mol. The van der Waals surface area contributed by atoms with Crippen molar-refractivity contribution in [3.05, 3.63) is 87.8 Å². The van der Waals surface area contributed by atoms with Crippen LogP contribution in [0.4, 0.5) is 11.4 Å². The lowest BCUT2D eigenvalue weighted by Crippen LogP contribution is -2.25. The summed E-state index contributed by atoms with van der Waals surface area (Å²) in [4.78, 5) is 21.6. The van der Waals surface area contributed by atoms with Crippen LogP contribution in [0.5, 0.6) is 5.75 Å². The number of anilines is 1. The molecule has 2 aromatic heterocycles. The van der Waals surface area contributed by atoms with Crippen molar-refractivity contribution in [2.45, 2.75) is 13.8 Å². The third-order valence-corrected chi connectivity index (χ3v) is 6.06. The summed E-state index contributed by atoms with van der Waals surface area (Å²) in [6.07, 6.45) is 5.24. The van der Waals surface area contributed by atoms with Gasteiger partial charge in [-0.3, -0.25) is 9.78 Å². The van der Waals surface area contributed by atoms with Crippen LogP contribution in [0, 0.1) is 13.8 Å². The van der Waals surface area contributed by atoms with Gasteiger partial charge in [0.25, 0.3) is 5.91 Å². The first-order valence-corrected chi connectivity index (χ1v) is 11.3. The van der Waals surface area contributed by atoms with Crippen molar-refractivity contribution in [2.75, 3.05) is 11.9 Å². The number of nitrogens with zero attached hydrogens (tertiary/aromatic N) is 4. The molecular weight excluding hydrogens is 434 g/mol. The van der Waals surface area contributed by atoms with E-state index in [1.54, 1.807) is 18.6 Å². The zero-order chi connectivity index (χ0) is 22.8. The largest absolute Gasteiger partial charge is 0.482 e. The number of thiazole rings is 1. The summed E-state index contributed by atoms with van der Waals surface area (Å²) >= 11 is 1.50. The first kappa shape index (κ1) is 20.8. The van der Waals surface area contributed by atoms with E-state index < -0.39 is 0 Å². The van der Waals surface area contributed by atoms with Crippen LogP contribution in [-0.2, 0) is 4.79 Å². The van der Waals surface area contributed by atoms with E-state index in [2.05, 4.69) is 36.3 Å². The molecule has 0 fully saturated rings. The van der Waals surface area contributed by atoms with Crippen LogP contribution in [0.1, 0.15) is 16.7 Å². The SMILES string of the molecule is Cc1cccc(C)c1N=c1scc(-c2ccc3c(c2)NC(=O)CO3)n1N=Cc1cccnc1. The summed E-state index contributed by atoms with van der Waals surface area (Å²) in [5.74, 6) is 0.484. The van der Waals surface area contributed by atoms with Gasteiger partial charge in [0.2, 0.25) is 4.80 Å². The number of para-hydroxylation sites is 1. The number of pyridine rings is 1. The van der Waals surface area contributed by atoms with Gasteiger partial charge in [-0.1, -0.05) is 24.3 Å². The number of carbonyl (C=O) groups is 1. The van der Waals surface area contributed by atoms with Crippen LogP contribution < -0.4 is 14.9 Å². The molecule has 1 aliphatic heterocycles. The molecule has 0 saturated heterocycles. The maximum atomic E-state index is 11.8. The summed E-state index contributed by atoms with van der Waals surface area (Å²) in [6.45, 7) is 4.13. The number of carbonyl (C=O) groups excluding carboxylic acids is 1. The Kier molecular flexibility index (Phi) is 5.58. The fourth-order valence-electron chi connectivity index (χ4n) is 3.58. The Balaban J connectivity index is 1.66. The molecule has 5 rings (SSSR count). The van der Waals surface area contributed by atoms with E-state index in [0.29, 0.717) is 11.4 Å². The number of nitrogens with one attached hydrogen (secondary N) is 1. The third kappa shape index (κ3) is 4.33. The number of aromatic nitrogens is 2. The van der Waals surface area contributed by atoms with E-state index >= 15 is 0 Å². The summed E-state index contributed by atoms with van der Waals surface area (Å²) in [7, 11) is 0. The molecule has 0 bridgehead atoms. The Labute approximate surface area is 194 Å². The zero-order valence-corrected chi connectivity index (χ0v) is 19.0. The van der Waals surface area contributed by atoms with E-state index in [9.17, 15) is 4.79 Å². The van der Waals surface area contributed by atoms with Gasteiger partial charge in [0.05, 0.1) is 23.3 Å². The van der Waals surface area contributed by atoms with Crippen molar-refractivity contribution in [3.8, 4) is 17.0 Å². The standard InChI is InChI=1S/C25H21N5O2S/c1-16-5-3-6-17(2)24(16)29-25-30(27-13-18-7-4-10-26-12-18)21(15-33-25)19-8-9-22-20(11-19)28-23(31)14-32-22/h3-13,15H,14H2,1-2H3,(H,28,31). The number of benzene rings is 2. The van der Waals surface area contributed by atoms with E-state index in [-0.39, 0.29) is 12.5 Å². The van der Waals surface area contributed by atoms with Gasteiger partial charge in [-0.2, -0.15) is 5.10 Å². The summed E-state index contributed by atoms with van der Waals surface area (Å²) in [6, 6.07) is 15.7.